The van der Waals surface area contributed by atoms with Crippen LogP contribution in [0.5, 0.6) is 5.75 Å². The topological polar surface area (TPSA) is 112 Å². The molecule has 2 unspecified atom stereocenters. The zero-order chi connectivity index (χ0) is 25.3. The Labute approximate surface area is 210 Å². The molecule has 190 valence electrons. The van der Waals surface area contributed by atoms with Gasteiger partial charge in [-0.1, -0.05) is 20.8 Å². The van der Waals surface area contributed by atoms with Gasteiger partial charge in [0.05, 0.1) is 22.8 Å². The molecule has 1 aliphatic rings. The van der Waals surface area contributed by atoms with Crippen molar-refractivity contribution in [2.45, 2.75) is 57.9 Å². The molecule has 0 saturated carbocycles. The SMILES string of the molecule is CC(C)(C)c1cc(N)n(C(O)Nc2ccc(-n3cnc4cc(OCC5CCCCO5)ccc43)cc2)n1. The first-order valence-corrected chi connectivity index (χ1v) is 12.4. The van der Waals surface area contributed by atoms with Crippen molar-refractivity contribution in [1.82, 2.24) is 19.3 Å². The molecule has 9 nitrogen and oxygen atoms in total. The first-order valence-electron chi connectivity index (χ1n) is 12.4. The fraction of sp³-hybridized carbons (Fsp3) is 0.407. The van der Waals surface area contributed by atoms with Gasteiger partial charge in [-0.15, -0.1) is 0 Å². The number of nitrogens with one attached hydrogen (secondary N) is 1. The van der Waals surface area contributed by atoms with Crippen molar-refractivity contribution in [3.63, 3.8) is 0 Å². The lowest BCUT2D eigenvalue weighted by Gasteiger charge is -2.22. The van der Waals surface area contributed by atoms with E-state index >= 15 is 0 Å². The normalized spacial score (nSPS) is 17.3. The Morgan fingerprint density at radius 1 is 1.17 bits per heavy atom. The highest BCUT2D eigenvalue weighted by molar-refractivity contribution is 5.79. The number of imidazole rings is 1. The molecule has 0 radical (unpaired) electrons. The van der Waals surface area contributed by atoms with Crippen molar-refractivity contribution in [3.05, 3.63) is 60.6 Å². The van der Waals surface area contributed by atoms with E-state index in [1.807, 2.05) is 47.0 Å². The number of nitrogens with two attached hydrogens (primary N) is 1. The van der Waals surface area contributed by atoms with Gasteiger partial charge in [0.25, 0.3) is 0 Å². The number of anilines is 2. The van der Waals surface area contributed by atoms with Crippen molar-refractivity contribution in [1.29, 1.82) is 0 Å². The molecule has 4 aromatic rings. The van der Waals surface area contributed by atoms with Crippen LogP contribution in [0.2, 0.25) is 0 Å². The van der Waals surface area contributed by atoms with Crippen molar-refractivity contribution >= 4 is 22.5 Å². The van der Waals surface area contributed by atoms with Crippen LogP contribution in [0.4, 0.5) is 11.5 Å². The van der Waals surface area contributed by atoms with Gasteiger partial charge >= 0.3 is 0 Å². The van der Waals surface area contributed by atoms with Gasteiger partial charge in [-0.05, 0) is 55.7 Å². The maximum absolute atomic E-state index is 10.7. The molecule has 9 heteroatoms. The average molecular weight is 491 g/mol. The van der Waals surface area contributed by atoms with E-state index in [2.05, 4.69) is 36.2 Å². The van der Waals surface area contributed by atoms with Gasteiger partial charge in [-0.2, -0.15) is 5.10 Å². The molecule has 0 spiro atoms. The highest BCUT2D eigenvalue weighted by Crippen LogP contribution is 2.27. The number of hydrogen-bond acceptors (Lipinski definition) is 7. The van der Waals surface area contributed by atoms with Crippen LogP contribution in [-0.4, -0.2) is 43.8 Å². The van der Waals surface area contributed by atoms with E-state index in [1.165, 1.54) is 11.1 Å². The Kier molecular flexibility index (Phi) is 6.59. The van der Waals surface area contributed by atoms with Gasteiger partial charge in [-0.25, -0.2) is 9.67 Å². The third-order valence-corrected chi connectivity index (χ3v) is 6.43. The van der Waals surface area contributed by atoms with Gasteiger partial charge in [-0.3, -0.25) is 4.57 Å². The zero-order valence-corrected chi connectivity index (χ0v) is 21.0. The molecule has 1 aliphatic heterocycles. The highest BCUT2D eigenvalue weighted by Gasteiger charge is 2.21. The second-order valence-corrected chi connectivity index (χ2v) is 10.3. The van der Waals surface area contributed by atoms with Crippen molar-refractivity contribution in [2.75, 3.05) is 24.3 Å². The van der Waals surface area contributed by atoms with Gasteiger partial charge in [0.15, 0.2) is 0 Å². The number of hydrogen-bond donors (Lipinski definition) is 3. The van der Waals surface area contributed by atoms with Crippen molar-refractivity contribution in [3.8, 4) is 11.4 Å². The molecule has 5 rings (SSSR count). The summed E-state index contributed by atoms with van der Waals surface area (Å²) < 4.78 is 15.1. The molecule has 2 aromatic carbocycles. The summed E-state index contributed by atoms with van der Waals surface area (Å²) in [5, 5.41) is 18.2. The fourth-order valence-electron chi connectivity index (χ4n) is 4.32. The minimum atomic E-state index is -1.08. The van der Waals surface area contributed by atoms with E-state index in [1.54, 1.807) is 12.4 Å². The van der Waals surface area contributed by atoms with E-state index in [0.29, 0.717) is 12.4 Å². The van der Waals surface area contributed by atoms with Gasteiger partial charge < -0.3 is 25.6 Å². The number of fused-ring (bicyclic) bond motifs is 1. The second kappa shape index (κ2) is 9.83. The van der Waals surface area contributed by atoms with E-state index in [0.717, 1.165) is 53.3 Å². The lowest BCUT2D eigenvalue weighted by molar-refractivity contribution is -0.0110. The molecule has 0 bridgehead atoms. The first kappa shape index (κ1) is 24.1. The molecule has 2 aromatic heterocycles. The number of benzene rings is 2. The van der Waals surface area contributed by atoms with Crippen LogP contribution in [0.25, 0.3) is 16.7 Å². The number of rotatable bonds is 7. The molecule has 4 N–H and O–H groups in total. The summed E-state index contributed by atoms with van der Waals surface area (Å²) in [5.41, 5.74) is 10.3. The smallest absolute Gasteiger partial charge is 0.226 e. The fourth-order valence-corrected chi connectivity index (χ4v) is 4.32. The predicted octanol–water partition coefficient (Wildman–Crippen LogP) is 4.61. The summed E-state index contributed by atoms with van der Waals surface area (Å²) in [6.07, 6.45) is 4.26. The van der Waals surface area contributed by atoms with E-state index in [-0.39, 0.29) is 11.5 Å². The summed E-state index contributed by atoms with van der Waals surface area (Å²) in [5.74, 6) is 1.19. The van der Waals surface area contributed by atoms with Gasteiger partial charge in [0, 0.05) is 35.5 Å². The number of ether oxygens (including phenoxy) is 2. The number of aliphatic hydroxyl groups excluding tert-OH is 1. The molecule has 2 atom stereocenters. The zero-order valence-electron chi connectivity index (χ0n) is 21.0. The van der Waals surface area contributed by atoms with Crippen LogP contribution >= 0.6 is 0 Å². The molecule has 1 saturated heterocycles. The molecule has 0 aliphatic carbocycles. The number of nitrogen functional groups attached to an aromatic ring is 1. The van der Waals surface area contributed by atoms with Crippen LogP contribution < -0.4 is 15.8 Å². The average Bonchev–Trinajstić information content (AvgIpc) is 3.47. The monoisotopic (exact) mass is 490 g/mol. The molecule has 0 amide bonds. The first-order chi connectivity index (χ1) is 17.3. The van der Waals surface area contributed by atoms with Crippen LogP contribution in [-0.2, 0) is 10.2 Å². The summed E-state index contributed by atoms with van der Waals surface area (Å²) in [6, 6.07) is 15.5. The number of nitrogens with zero attached hydrogens (tertiary/aromatic N) is 4. The predicted molar refractivity (Wildman–Crippen MR) is 140 cm³/mol. The lowest BCUT2D eigenvalue weighted by atomic mass is 9.92. The third-order valence-electron chi connectivity index (χ3n) is 6.43. The Morgan fingerprint density at radius 3 is 2.67 bits per heavy atom. The molecule has 3 heterocycles. The van der Waals surface area contributed by atoms with Crippen LogP contribution in [0, 0.1) is 0 Å². The third kappa shape index (κ3) is 5.17. The standard InChI is InChI=1S/C27H34N6O3/c1-27(2,3)24-15-25(28)33(31-24)26(34)30-18-7-9-19(10-8-18)32-17-29-22-14-20(11-12-23(22)32)36-16-21-6-4-5-13-35-21/h7-12,14-15,17,21,26,30,34H,4-6,13,16,28H2,1-3H3. The largest absolute Gasteiger partial charge is 0.491 e. The number of aromatic nitrogens is 4. The van der Waals surface area contributed by atoms with Gasteiger partial charge in [0.2, 0.25) is 6.35 Å². The maximum Gasteiger partial charge on any atom is 0.226 e. The molecule has 1 fully saturated rings. The Morgan fingerprint density at radius 2 is 1.97 bits per heavy atom. The Hall–Kier alpha value is -3.56. The highest BCUT2D eigenvalue weighted by atomic mass is 16.5. The minimum Gasteiger partial charge on any atom is -0.491 e. The Bertz CT molecular complexity index is 1320. The van der Waals surface area contributed by atoms with E-state index in [4.69, 9.17) is 15.2 Å². The van der Waals surface area contributed by atoms with Crippen LogP contribution in [0.3, 0.4) is 0 Å². The lowest BCUT2D eigenvalue weighted by Crippen LogP contribution is -2.25. The molecular weight excluding hydrogens is 456 g/mol. The Balaban J connectivity index is 1.26. The van der Waals surface area contributed by atoms with Gasteiger partial charge in [0.1, 0.15) is 24.5 Å². The number of aliphatic hydroxyl groups is 1. The summed E-state index contributed by atoms with van der Waals surface area (Å²) in [4.78, 5) is 4.56. The van der Waals surface area contributed by atoms with E-state index < -0.39 is 6.35 Å². The van der Waals surface area contributed by atoms with Crippen molar-refractivity contribution in [2.24, 2.45) is 0 Å². The second-order valence-electron chi connectivity index (χ2n) is 10.3. The maximum atomic E-state index is 10.7. The van der Waals surface area contributed by atoms with E-state index in [9.17, 15) is 5.11 Å². The minimum absolute atomic E-state index is 0.162. The molecule has 36 heavy (non-hydrogen) atoms. The summed E-state index contributed by atoms with van der Waals surface area (Å²) >= 11 is 0. The summed E-state index contributed by atoms with van der Waals surface area (Å²) in [7, 11) is 0. The van der Waals surface area contributed by atoms with Crippen LogP contribution in [0.1, 0.15) is 52.1 Å². The quantitative estimate of drug-likeness (QED) is 0.324. The summed E-state index contributed by atoms with van der Waals surface area (Å²) in [6.45, 7) is 7.54. The van der Waals surface area contributed by atoms with Crippen molar-refractivity contribution < 1.29 is 14.6 Å². The van der Waals surface area contributed by atoms with Crippen LogP contribution in [0.15, 0.2) is 54.9 Å². The molecular formula is C27H34N6O3.